The minimum Gasteiger partial charge on any atom is -0.330 e. The highest BCUT2D eigenvalue weighted by atomic mass is 32.2. The summed E-state index contributed by atoms with van der Waals surface area (Å²) in [5, 5.41) is 0. The van der Waals surface area contributed by atoms with Crippen LogP contribution in [0, 0.1) is 25.6 Å². The molecule has 0 radical (unpaired) electrons. The molecular weight excluding hydrogens is 339 g/mol. The Balaban J connectivity index is 1.97. The smallest absolute Gasteiger partial charge is 0.243 e. The van der Waals surface area contributed by atoms with E-state index in [1.54, 1.807) is 13.8 Å². The van der Waals surface area contributed by atoms with Crippen LogP contribution in [0.5, 0.6) is 0 Å². The second-order valence-corrected chi connectivity index (χ2v) is 8.58. The van der Waals surface area contributed by atoms with Crippen molar-refractivity contribution in [3.63, 3.8) is 0 Å². The van der Waals surface area contributed by atoms with E-state index in [9.17, 15) is 12.8 Å². The van der Waals surface area contributed by atoms with Gasteiger partial charge in [-0.3, -0.25) is 0 Å². The fourth-order valence-electron chi connectivity index (χ4n) is 3.78. The van der Waals surface area contributed by atoms with E-state index >= 15 is 0 Å². The summed E-state index contributed by atoms with van der Waals surface area (Å²) in [5.41, 5.74) is 7.88. The third-order valence-corrected chi connectivity index (χ3v) is 7.10. The van der Waals surface area contributed by atoms with Gasteiger partial charge in [-0.2, -0.15) is 4.31 Å². The van der Waals surface area contributed by atoms with Crippen LogP contribution in [-0.2, 0) is 10.0 Å². The third-order valence-electron chi connectivity index (χ3n) is 4.96. The Kier molecular flexibility index (Phi) is 4.95. The molecule has 2 aromatic rings. The predicted molar refractivity (Wildman–Crippen MR) is 96.4 cm³/mol. The molecule has 0 amide bonds. The Hall–Kier alpha value is -1.76. The van der Waals surface area contributed by atoms with Crippen molar-refractivity contribution in [1.29, 1.82) is 0 Å². The molecule has 2 N–H and O–H groups in total. The van der Waals surface area contributed by atoms with Crippen LogP contribution in [0.3, 0.4) is 0 Å². The SMILES string of the molecule is Cc1cc(F)cc(C)c1S(=O)(=O)N1C[C@@H](CN)[C@H](c2ccccc2)C1. The lowest BCUT2D eigenvalue weighted by molar-refractivity contribution is 0.458. The molecule has 3 rings (SSSR count). The van der Waals surface area contributed by atoms with Crippen LogP contribution < -0.4 is 5.73 Å². The van der Waals surface area contributed by atoms with E-state index in [2.05, 4.69) is 0 Å². The maximum absolute atomic E-state index is 13.5. The summed E-state index contributed by atoms with van der Waals surface area (Å²) < 4.78 is 41.4. The van der Waals surface area contributed by atoms with Crippen molar-refractivity contribution in [2.24, 2.45) is 11.7 Å². The van der Waals surface area contributed by atoms with E-state index in [0.717, 1.165) is 5.56 Å². The quantitative estimate of drug-likeness (QED) is 0.910. The second-order valence-electron chi connectivity index (χ2n) is 6.70. The molecule has 1 saturated heterocycles. The summed E-state index contributed by atoms with van der Waals surface area (Å²) in [7, 11) is -3.69. The predicted octanol–water partition coefficient (Wildman–Crippen LogP) is 2.81. The van der Waals surface area contributed by atoms with Gasteiger partial charge in [0.15, 0.2) is 0 Å². The number of hydrogen-bond donors (Lipinski definition) is 1. The minimum absolute atomic E-state index is 0.0678. The first-order chi connectivity index (χ1) is 11.8. The van der Waals surface area contributed by atoms with Crippen molar-refractivity contribution in [2.45, 2.75) is 24.7 Å². The number of sulfonamides is 1. The average molecular weight is 362 g/mol. The number of aryl methyl sites for hydroxylation is 2. The average Bonchev–Trinajstić information content (AvgIpc) is 2.99. The molecule has 0 saturated carbocycles. The first-order valence-corrected chi connectivity index (χ1v) is 9.80. The number of rotatable bonds is 4. The van der Waals surface area contributed by atoms with E-state index in [1.807, 2.05) is 30.3 Å². The van der Waals surface area contributed by atoms with Gasteiger partial charge in [-0.05, 0) is 55.1 Å². The zero-order valence-electron chi connectivity index (χ0n) is 14.4. The van der Waals surface area contributed by atoms with Gasteiger partial charge in [-0.25, -0.2) is 12.8 Å². The molecule has 25 heavy (non-hydrogen) atoms. The lowest BCUT2D eigenvalue weighted by Gasteiger charge is -2.20. The first kappa shape index (κ1) is 18.0. The van der Waals surface area contributed by atoms with E-state index in [-0.39, 0.29) is 16.7 Å². The van der Waals surface area contributed by atoms with Crippen molar-refractivity contribution < 1.29 is 12.8 Å². The molecule has 0 spiro atoms. The highest BCUT2D eigenvalue weighted by molar-refractivity contribution is 7.89. The Labute approximate surface area is 148 Å². The summed E-state index contributed by atoms with van der Waals surface area (Å²) in [4.78, 5) is 0.207. The van der Waals surface area contributed by atoms with Gasteiger partial charge in [-0.1, -0.05) is 30.3 Å². The Morgan fingerprint density at radius 2 is 1.72 bits per heavy atom. The van der Waals surface area contributed by atoms with Crippen molar-refractivity contribution in [2.75, 3.05) is 19.6 Å². The Morgan fingerprint density at radius 1 is 1.12 bits per heavy atom. The van der Waals surface area contributed by atoms with Gasteiger partial charge in [-0.15, -0.1) is 0 Å². The van der Waals surface area contributed by atoms with Crippen LogP contribution in [-0.4, -0.2) is 32.4 Å². The molecule has 2 aromatic carbocycles. The van der Waals surface area contributed by atoms with Crippen LogP contribution in [0.4, 0.5) is 4.39 Å². The van der Waals surface area contributed by atoms with Crippen LogP contribution in [0.15, 0.2) is 47.4 Å². The lowest BCUT2D eigenvalue weighted by Crippen LogP contribution is -2.31. The largest absolute Gasteiger partial charge is 0.330 e. The normalized spacial score (nSPS) is 21.6. The van der Waals surface area contributed by atoms with Gasteiger partial charge >= 0.3 is 0 Å². The highest BCUT2D eigenvalue weighted by Crippen LogP contribution is 2.36. The van der Waals surface area contributed by atoms with Crippen LogP contribution >= 0.6 is 0 Å². The standard InChI is InChI=1S/C19H23FN2O2S/c1-13-8-17(20)9-14(2)19(13)25(23,24)22-11-16(10-21)18(12-22)15-6-4-3-5-7-15/h3-9,16,18H,10-12,21H2,1-2H3/t16-,18+/m1/s1. The number of nitrogens with zero attached hydrogens (tertiary/aromatic N) is 1. The van der Waals surface area contributed by atoms with Gasteiger partial charge in [0.05, 0.1) is 4.90 Å². The van der Waals surface area contributed by atoms with Crippen LogP contribution in [0.2, 0.25) is 0 Å². The van der Waals surface area contributed by atoms with E-state index in [4.69, 9.17) is 5.73 Å². The van der Waals surface area contributed by atoms with Crippen molar-refractivity contribution in [1.82, 2.24) is 4.31 Å². The Bertz CT molecular complexity index is 845. The van der Waals surface area contributed by atoms with Crippen molar-refractivity contribution >= 4 is 10.0 Å². The van der Waals surface area contributed by atoms with Crippen LogP contribution in [0.1, 0.15) is 22.6 Å². The molecule has 2 atom stereocenters. The first-order valence-electron chi connectivity index (χ1n) is 8.36. The molecule has 1 heterocycles. The maximum atomic E-state index is 13.5. The molecule has 4 nitrogen and oxygen atoms in total. The summed E-state index contributed by atoms with van der Waals surface area (Å²) in [6, 6.07) is 12.4. The molecule has 6 heteroatoms. The van der Waals surface area contributed by atoms with Gasteiger partial charge < -0.3 is 5.73 Å². The monoisotopic (exact) mass is 362 g/mol. The molecule has 0 unspecified atom stereocenters. The van der Waals surface area contributed by atoms with Gasteiger partial charge in [0.1, 0.15) is 5.82 Å². The van der Waals surface area contributed by atoms with E-state index in [0.29, 0.717) is 30.8 Å². The number of hydrogen-bond acceptors (Lipinski definition) is 3. The minimum atomic E-state index is -3.69. The summed E-state index contributed by atoms with van der Waals surface area (Å²) >= 11 is 0. The fraction of sp³-hybridized carbons (Fsp3) is 0.368. The molecule has 134 valence electrons. The third kappa shape index (κ3) is 3.34. The summed E-state index contributed by atoms with van der Waals surface area (Å²) in [6.07, 6.45) is 0. The van der Waals surface area contributed by atoms with Gasteiger partial charge in [0.25, 0.3) is 0 Å². The fourth-order valence-corrected chi connectivity index (χ4v) is 5.71. The van der Waals surface area contributed by atoms with Crippen LogP contribution in [0.25, 0.3) is 0 Å². The molecule has 0 bridgehead atoms. The van der Waals surface area contributed by atoms with E-state index in [1.165, 1.54) is 16.4 Å². The van der Waals surface area contributed by atoms with Gasteiger partial charge in [0, 0.05) is 19.0 Å². The molecular formula is C19H23FN2O2S. The van der Waals surface area contributed by atoms with E-state index < -0.39 is 15.8 Å². The summed E-state index contributed by atoms with van der Waals surface area (Å²) in [5.74, 6) is -0.280. The molecule has 0 aliphatic carbocycles. The van der Waals surface area contributed by atoms with Crippen molar-refractivity contribution in [3.05, 3.63) is 65.0 Å². The zero-order chi connectivity index (χ0) is 18.2. The van der Waals surface area contributed by atoms with Crippen molar-refractivity contribution in [3.8, 4) is 0 Å². The topological polar surface area (TPSA) is 63.4 Å². The molecule has 1 aliphatic rings. The highest BCUT2D eigenvalue weighted by Gasteiger charge is 2.40. The number of halogens is 1. The van der Waals surface area contributed by atoms with Gasteiger partial charge in [0.2, 0.25) is 10.0 Å². The summed E-state index contributed by atoms with van der Waals surface area (Å²) in [6.45, 7) is 4.47. The zero-order valence-corrected chi connectivity index (χ0v) is 15.3. The molecule has 1 aliphatic heterocycles. The Morgan fingerprint density at radius 3 is 2.28 bits per heavy atom. The molecule has 1 fully saturated rings. The number of benzene rings is 2. The maximum Gasteiger partial charge on any atom is 0.243 e. The second kappa shape index (κ2) is 6.86. The molecule has 0 aromatic heterocycles. The number of nitrogens with two attached hydrogens (primary N) is 1. The lowest BCUT2D eigenvalue weighted by atomic mass is 9.89.